The second-order valence-corrected chi connectivity index (χ2v) is 9.93. The fourth-order valence-electron chi connectivity index (χ4n) is 2.80. The number of aromatic nitrogens is 2. The molecule has 2 heterocycles. The monoisotopic (exact) mass is 400 g/mol. The molecule has 0 amide bonds. The van der Waals surface area contributed by atoms with E-state index < -0.39 is 15.3 Å². The molecule has 9 heteroatoms. The molecule has 1 unspecified atom stereocenters. The Bertz CT molecular complexity index is 821. The van der Waals surface area contributed by atoms with E-state index in [0.29, 0.717) is 31.0 Å². The van der Waals surface area contributed by atoms with Crippen molar-refractivity contribution in [1.29, 1.82) is 0 Å². The summed E-state index contributed by atoms with van der Waals surface area (Å²) in [7, 11) is -3.29. The predicted molar refractivity (Wildman–Crippen MR) is 102 cm³/mol. The average Bonchev–Trinajstić information content (AvgIpc) is 3.17. The summed E-state index contributed by atoms with van der Waals surface area (Å²) >= 11 is 7.41. The molecule has 2 aromatic rings. The molecule has 0 radical (unpaired) electrons. The molecule has 25 heavy (non-hydrogen) atoms. The smallest absolute Gasteiger partial charge is 0.216 e. The van der Waals surface area contributed by atoms with Gasteiger partial charge in [0.15, 0.2) is 0 Å². The van der Waals surface area contributed by atoms with E-state index in [-0.39, 0.29) is 6.04 Å². The van der Waals surface area contributed by atoms with E-state index in [4.69, 9.17) is 11.6 Å². The highest BCUT2D eigenvalue weighted by Crippen LogP contribution is 2.27. The van der Waals surface area contributed by atoms with Gasteiger partial charge in [-0.1, -0.05) is 35.1 Å². The van der Waals surface area contributed by atoms with Gasteiger partial charge >= 0.3 is 0 Å². The third-order valence-corrected chi connectivity index (χ3v) is 7.28. The minimum Gasteiger partial charge on any atom is -0.345 e. The molecule has 1 saturated heterocycles. The molecular formula is C16H21ClN4O2S2. The molecule has 6 nitrogen and oxygen atoms in total. The normalized spacial score (nSPS) is 18.2. The van der Waals surface area contributed by atoms with Crippen molar-refractivity contribution in [3.8, 4) is 0 Å². The van der Waals surface area contributed by atoms with E-state index in [1.54, 1.807) is 0 Å². The standard InChI is InChI=1S/C16H21ClN4O2S2/c1-11(2)20-25(22,23)14-7-8-21(10-14)16-19-18-15(24-16)9-12-3-5-13(17)6-4-12/h3-6,11,14,20H,7-10H2,1-2H3. The number of nitrogens with zero attached hydrogens (tertiary/aromatic N) is 3. The summed E-state index contributed by atoms with van der Waals surface area (Å²) in [4.78, 5) is 2.01. The van der Waals surface area contributed by atoms with Crippen LogP contribution in [0, 0.1) is 0 Å². The van der Waals surface area contributed by atoms with E-state index in [2.05, 4.69) is 14.9 Å². The number of halogens is 1. The summed E-state index contributed by atoms with van der Waals surface area (Å²) in [6.45, 7) is 4.80. The van der Waals surface area contributed by atoms with Crippen LogP contribution in [0.5, 0.6) is 0 Å². The van der Waals surface area contributed by atoms with E-state index in [1.165, 1.54) is 11.3 Å². The summed E-state index contributed by atoms with van der Waals surface area (Å²) in [5.74, 6) is 0. The first kappa shape index (κ1) is 18.6. The van der Waals surface area contributed by atoms with Crippen LogP contribution in [0.4, 0.5) is 5.13 Å². The SMILES string of the molecule is CC(C)NS(=O)(=O)C1CCN(c2nnc(Cc3ccc(Cl)cc3)s2)C1. The summed E-state index contributed by atoms with van der Waals surface area (Å²) in [6, 6.07) is 7.57. The van der Waals surface area contributed by atoms with Gasteiger partial charge in [0.1, 0.15) is 5.01 Å². The van der Waals surface area contributed by atoms with Crippen LogP contribution in [0.25, 0.3) is 0 Å². The number of rotatable bonds is 6. The third-order valence-electron chi connectivity index (χ3n) is 3.98. The molecule has 1 aliphatic heterocycles. The first-order valence-electron chi connectivity index (χ1n) is 8.16. The van der Waals surface area contributed by atoms with Gasteiger partial charge in [-0.2, -0.15) is 0 Å². The molecule has 0 bridgehead atoms. The Morgan fingerprint density at radius 3 is 2.72 bits per heavy atom. The largest absolute Gasteiger partial charge is 0.345 e. The minimum absolute atomic E-state index is 0.0912. The predicted octanol–water partition coefficient (Wildman–Crippen LogP) is 2.69. The number of sulfonamides is 1. The molecule has 1 atom stereocenters. The Hall–Kier alpha value is -1.22. The summed E-state index contributed by atoms with van der Waals surface area (Å²) in [5, 5.41) is 10.5. The van der Waals surface area contributed by atoms with Gasteiger partial charge in [0.25, 0.3) is 0 Å². The molecule has 1 aromatic carbocycles. The molecule has 1 aliphatic rings. The van der Waals surface area contributed by atoms with E-state index in [0.717, 1.165) is 15.7 Å². The average molecular weight is 401 g/mol. The van der Waals surface area contributed by atoms with Gasteiger partial charge < -0.3 is 4.90 Å². The van der Waals surface area contributed by atoms with Gasteiger partial charge in [0.05, 0.1) is 5.25 Å². The number of hydrogen-bond acceptors (Lipinski definition) is 6. The summed E-state index contributed by atoms with van der Waals surface area (Å²) in [6.07, 6.45) is 1.30. The van der Waals surface area contributed by atoms with Crippen molar-refractivity contribution in [2.45, 2.75) is 38.0 Å². The topological polar surface area (TPSA) is 75.2 Å². The van der Waals surface area contributed by atoms with Crippen molar-refractivity contribution < 1.29 is 8.42 Å². The molecule has 0 spiro atoms. The van der Waals surface area contributed by atoms with Gasteiger partial charge in [0, 0.05) is 30.6 Å². The highest BCUT2D eigenvalue weighted by atomic mass is 35.5. The van der Waals surface area contributed by atoms with E-state index in [1.807, 2.05) is 43.0 Å². The third kappa shape index (κ3) is 4.69. The maximum absolute atomic E-state index is 12.3. The number of anilines is 1. The summed E-state index contributed by atoms with van der Waals surface area (Å²) in [5.41, 5.74) is 1.12. The molecule has 1 N–H and O–H groups in total. The van der Waals surface area contributed by atoms with Crippen molar-refractivity contribution in [2.24, 2.45) is 0 Å². The van der Waals surface area contributed by atoms with Crippen LogP contribution in [0.2, 0.25) is 5.02 Å². The zero-order chi connectivity index (χ0) is 18.0. The second kappa shape index (κ2) is 7.57. The highest BCUT2D eigenvalue weighted by Gasteiger charge is 2.34. The van der Waals surface area contributed by atoms with Gasteiger partial charge in [-0.15, -0.1) is 10.2 Å². The van der Waals surface area contributed by atoms with Crippen LogP contribution < -0.4 is 9.62 Å². The van der Waals surface area contributed by atoms with Crippen LogP contribution in [0.3, 0.4) is 0 Å². The molecule has 0 saturated carbocycles. The lowest BCUT2D eigenvalue weighted by Gasteiger charge is -2.16. The Balaban J connectivity index is 1.64. The van der Waals surface area contributed by atoms with E-state index >= 15 is 0 Å². The first-order valence-corrected chi connectivity index (χ1v) is 10.9. The quantitative estimate of drug-likeness (QED) is 0.806. The minimum atomic E-state index is -3.29. The summed E-state index contributed by atoms with van der Waals surface area (Å²) < 4.78 is 27.3. The van der Waals surface area contributed by atoms with Crippen LogP contribution >= 0.6 is 22.9 Å². The maximum atomic E-state index is 12.3. The highest BCUT2D eigenvalue weighted by molar-refractivity contribution is 7.90. The Kier molecular flexibility index (Phi) is 5.62. The molecule has 136 valence electrons. The van der Waals surface area contributed by atoms with Crippen LogP contribution in [0.1, 0.15) is 30.8 Å². The number of nitrogens with one attached hydrogen (secondary N) is 1. The lowest BCUT2D eigenvalue weighted by atomic mass is 10.2. The van der Waals surface area contributed by atoms with Crippen LogP contribution in [-0.4, -0.2) is 43.0 Å². The molecule has 0 aliphatic carbocycles. The van der Waals surface area contributed by atoms with Crippen molar-refractivity contribution >= 4 is 38.1 Å². The second-order valence-electron chi connectivity index (χ2n) is 6.46. The molecular weight excluding hydrogens is 380 g/mol. The number of hydrogen-bond donors (Lipinski definition) is 1. The van der Waals surface area contributed by atoms with Crippen molar-refractivity contribution in [3.63, 3.8) is 0 Å². The van der Waals surface area contributed by atoms with Crippen LogP contribution in [-0.2, 0) is 16.4 Å². The van der Waals surface area contributed by atoms with Crippen LogP contribution in [0.15, 0.2) is 24.3 Å². The first-order chi connectivity index (χ1) is 11.8. The van der Waals surface area contributed by atoms with Crippen molar-refractivity contribution in [2.75, 3.05) is 18.0 Å². The zero-order valence-corrected chi connectivity index (χ0v) is 16.5. The fraction of sp³-hybridized carbons (Fsp3) is 0.500. The van der Waals surface area contributed by atoms with Gasteiger partial charge in [-0.3, -0.25) is 0 Å². The lowest BCUT2D eigenvalue weighted by Crippen LogP contribution is -2.39. The molecule has 1 fully saturated rings. The number of benzene rings is 1. The fourth-order valence-corrected chi connectivity index (χ4v) is 5.48. The van der Waals surface area contributed by atoms with Gasteiger partial charge in [-0.05, 0) is 38.0 Å². The van der Waals surface area contributed by atoms with Gasteiger partial charge in [0.2, 0.25) is 15.2 Å². The Morgan fingerprint density at radius 1 is 1.32 bits per heavy atom. The lowest BCUT2D eigenvalue weighted by molar-refractivity contribution is 0.557. The zero-order valence-electron chi connectivity index (χ0n) is 14.1. The Morgan fingerprint density at radius 2 is 2.04 bits per heavy atom. The molecule has 3 rings (SSSR count). The van der Waals surface area contributed by atoms with Crippen molar-refractivity contribution in [3.05, 3.63) is 39.9 Å². The van der Waals surface area contributed by atoms with E-state index in [9.17, 15) is 8.42 Å². The molecule has 1 aromatic heterocycles. The Labute approximate surface area is 157 Å². The van der Waals surface area contributed by atoms with Crippen molar-refractivity contribution in [1.82, 2.24) is 14.9 Å². The maximum Gasteiger partial charge on any atom is 0.216 e. The van der Waals surface area contributed by atoms with Gasteiger partial charge in [-0.25, -0.2) is 13.1 Å².